The summed E-state index contributed by atoms with van der Waals surface area (Å²) in [7, 11) is 0. The van der Waals surface area contributed by atoms with Crippen LogP contribution in [0.2, 0.25) is 0 Å². The number of aliphatic hydroxyl groups is 1. The van der Waals surface area contributed by atoms with Crippen LogP contribution in [0.25, 0.3) is 0 Å². The van der Waals surface area contributed by atoms with Crippen molar-refractivity contribution in [3.8, 4) is 11.5 Å². The zero-order valence-electron chi connectivity index (χ0n) is 14.2. The predicted molar refractivity (Wildman–Crippen MR) is 101 cm³/mol. The van der Waals surface area contributed by atoms with Gasteiger partial charge in [0.25, 0.3) is 5.91 Å². The second-order valence-corrected chi connectivity index (χ2v) is 5.99. The third kappa shape index (κ3) is 3.02. The summed E-state index contributed by atoms with van der Waals surface area (Å²) in [5.41, 5.74) is 1.69. The Hall–Kier alpha value is -3.64. The standard InChI is InChI=1S/C21H16N2O4/c24-13-22-18-11-10-15(27-14-6-2-1-3-7-14)12-19(18)23-20(25)16-8-4-5-9-17(16)21(23)26/h1-13,20,25H,(H,22,24). The first-order valence-electron chi connectivity index (χ1n) is 8.37. The molecular weight excluding hydrogens is 344 g/mol. The fraction of sp³-hybridized carbons (Fsp3) is 0.0476. The highest BCUT2D eigenvalue weighted by molar-refractivity contribution is 6.12. The number of aliphatic hydroxyl groups excluding tert-OH is 1. The maximum atomic E-state index is 12.8. The van der Waals surface area contributed by atoms with Crippen LogP contribution in [-0.2, 0) is 4.79 Å². The summed E-state index contributed by atoms with van der Waals surface area (Å²) in [6.45, 7) is 0. The van der Waals surface area contributed by atoms with Gasteiger partial charge >= 0.3 is 0 Å². The Kier molecular flexibility index (Phi) is 4.32. The zero-order valence-corrected chi connectivity index (χ0v) is 14.2. The van der Waals surface area contributed by atoms with E-state index in [0.717, 1.165) is 0 Å². The third-order valence-corrected chi connectivity index (χ3v) is 4.35. The Morgan fingerprint density at radius 1 is 0.963 bits per heavy atom. The molecule has 1 heterocycles. The van der Waals surface area contributed by atoms with Crippen LogP contribution in [0.4, 0.5) is 11.4 Å². The Morgan fingerprint density at radius 3 is 2.44 bits per heavy atom. The number of rotatable bonds is 5. The highest BCUT2D eigenvalue weighted by Gasteiger charge is 2.37. The van der Waals surface area contributed by atoms with Crippen molar-refractivity contribution < 1.29 is 19.4 Å². The van der Waals surface area contributed by atoms with Crippen molar-refractivity contribution in [2.24, 2.45) is 0 Å². The molecular formula is C21H16N2O4. The number of hydrogen-bond acceptors (Lipinski definition) is 4. The number of nitrogens with zero attached hydrogens (tertiary/aromatic N) is 1. The fourth-order valence-electron chi connectivity index (χ4n) is 3.12. The summed E-state index contributed by atoms with van der Waals surface area (Å²) in [5, 5.41) is 13.3. The molecule has 27 heavy (non-hydrogen) atoms. The van der Waals surface area contributed by atoms with E-state index in [-0.39, 0.29) is 5.91 Å². The lowest BCUT2D eigenvalue weighted by atomic mass is 10.1. The number of carbonyl (C=O) groups excluding carboxylic acids is 2. The highest BCUT2D eigenvalue weighted by Crippen LogP contribution is 2.41. The van der Waals surface area contributed by atoms with Gasteiger partial charge in [-0.25, -0.2) is 0 Å². The van der Waals surface area contributed by atoms with Crippen molar-refractivity contribution >= 4 is 23.7 Å². The number of nitrogens with one attached hydrogen (secondary N) is 1. The van der Waals surface area contributed by atoms with Gasteiger partial charge in [0.05, 0.1) is 11.4 Å². The average molecular weight is 360 g/mol. The summed E-state index contributed by atoms with van der Waals surface area (Å²) in [4.78, 5) is 25.1. The number of anilines is 2. The van der Waals surface area contributed by atoms with E-state index >= 15 is 0 Å². The second-order valence-electron chi connectivity index (χ2n) is 5.99. The molecule has 2 N–H and O–H groups in total. The van der Waals surface area contributed by atoms with E-state index in [1.165, 1.54) is 4.90 Å². The molecule has 0 aliphatic carbocycles. The minimum absolute atomic E-state index is 0.344. The van der Waals surface area contributed by atoms with E-state index in [1.807, 2.05) is 30.3 Å². The summed E-state index contributed by atoms with van der Waals surface area (Å²) in [6.07, 6.45) is -0.621. The van der Waals surface area contributed by atoms with Gasteiger partial charge in [-0.3, -0.25) is 14.5 Å². The summed E-state index contributed by atoms with van der Waals surface area (Å²) >= 11 is 0. The Labute approximate surface area is 155 Å². The normalized spacial score (nSPS) is 15.4. The van der Waals surface area contributed by atoms with Crippen LogP contribution in [-0.4, -0.2) is 17.4 Å². The van der Waals surface area contributed by atoms with Crippen molar-refractivity contribution in [1.29, 1.82) is 0 Å². The molecule has 1 aliphatic rings. The quantitative estimate of drug-likeness (QED) is 0.680. The molecule has 4 rings (SSSR count). The molecule has 0 spiro atoms. The smallest absolute Gasteiger partial charge is 0.261 e. The average Bonchev–Trinajstić information content (AvgIpc) is 2.95. The molecule has 1 unspecified atom stereocenters. The van der Waals surface area contributed by atoms with Crippen LogP contribution in [0.5, 0.6) is 11.5 Å². The second kappa shape index (κ2) is 6.93. The van der Waals surface area contributed by atoms with Crippen LogP contribution < -0.4 is 15.0 Å². The maximum absolute atomic E-state index is 12.8. The lowest BCUT2D eigenvalue weighted by Crippen LogP contribution is -2.28. The predicted octanol–water partition coefficient (Wildman–Crippen LogP) is 3.70. The topological polar surface area (TPSA) is 78.9 Å². The van der Waals surface area contributed by atoms with Crippen LogP contribution in [0.1, 0.15) is 22.1 Å². The van der Waals surface area contributed by atoms with E-state index in [4.69, 9.17) is 4.74 Å². The molecule has 1 aliphatic heterocycles. The number of hydrogen-bond donors (Lipinski definition) is 2. The zero-order chi connectivity index (χ0) is 18.8. The van der Waals surface area contributed by atoms with Crippen molar-refractivity contribution in [2.45, 2.75) is 6.23 Å². The number of para-hydroxylation sites is 1. The number of amides is 2. The lowest BCUT2D eigenvalue weighted by molar-refractivity contribution is -0.105. The molecule has 6 nitrogen and oxygen atoms in total. The molecule has 2 amide bonds. The van der Waals surface area contributed by atoms with E-state index in [9.17, 15) is 14.7 Å². The summed E-state index contributed by atoms with van der Waals surface area (Å²) in [5.74, 6) is 0.767. The molecule has 0 fully saturated rings. The van der Waals surface area contributed by atoms with Crippen LogP contribution in [0.15, 0.2) is 72.8 Å². The molecule has 1 atom stereocenters. The monoisotopic (exact) mass is 360 g/mol. The van der Waals surface area contributed by atoms with E-state index in [1.54, 1.807) is 42.5 Å². The Bertz CT molecular complexity index is 1000. The SMILES string of the molecule is O=CNc1ccc(Oc2ccccc2)cc1N1C(=O)c2ccccc2C1O. The number of carbonyl (C=O) groups is 2. The third-order valence-electron chi connectivity index (χ3n) is 4.35. The van der Waals surface area contributed by atoms with Gasteiger partial charge in [0.2, 0.25) is 6.41 Å². The van der Waals surface area contributed by atoms with Gasteiger partial charge in [0, 0.05) is 17.2 Å². The van der Waals surface area contributed by atoms with Crippen molar-refractivity contribution in [3.05, 3.63) is 83.9 Å². The minimum atomic E-state index is -1.15. The summed E-state index contributed by atoms with van der Waals surface area (Å²) in [6, 6.07) is 21.0. The molecule has 0 radical (unpaired) electrons. The largest absolute Gasteiger partial charge is 0.457 e. The van der Waals surface area contributed by atoms with Gasteiger partial charge in [0.1, 0.15) is 11.5 Å². The molecule has 0 bridgehead atoms. The van der Waals surface area contributed by atoms with E-state index in [0.29, 0.717) is 40.4 Å². The molecule has 3 aromatic carbocycles. The number of ether oxygens (including phenoxy) is 1. The number of benzene rings is 3. The Morgan fingerprint density at radius 2 is 1.70 bits per heavy atom. The summed E-state index contributed by atoms with van der Waals surface area (Å²) < 4.78 is 5.82. The highest BCUT2D eigenvalue weighted by atomic mass is 16.5. The molecule has 0 saturated heterocycles. The van der Waals surface area contributed by atoms with Crippen molar-refractivity contribution in [3.63, 3.8) is 0 Å². The van der Waals surface area contributed by atoms with Gasteiger partial charge < -0.3 is 15.2 Å². The van der Waals surface area contributed by atoms with Crippen LogP contribution in [0, 0.1) is 0 Å². The van der Waals surface area contributed by atoms with Crippen LogP contribution >= 0.6 is 0 Å². The maximum Gasteiger partial charge on any atom is 0.261 e. The fourth-order valence-corrected chi connectivity index (χ4v) is 3.12. The van der Waals surface area contributed by atoms with E-state index in [2.05, 4.69) is 5.32 Å². The first-order chi connectivity index (χ1) is 13.2. The van der Waals surface area contributed by atoms with Gasteiger partial charge in [-0.15, -0.1) is 0 Å². The molecule has 0 aromatic heterocycles. The number of fused-ring (bicyclic) bond motifs is 1. The van der Waals surface area contributed by atoms with Crippen LogP contribution in [0.3, 0.4) is 0 Å². The van der Waals surface area contributed by atoms with Crippen molar-refractivity contribution in [1.82, 2.24) is 0 Å². The molecule has 134 valence electrons. The van der Waals surface area contributed by atoms with Gasteiger partial charge in [-0.1, -0.05) is 36.4 Å². The van der Waals surface area contributed by atoms with Crippen molar-refractivity contribution in [2.75, 3.05) is 10.2 Å². The lowest BCUT2D eigenvalue weighted by Gasteiger charge is -2.24. The first kappa shape index (κ1) is 16.8. The van der Waals surface area contributed by atoms with Gasteiger partial charge in [0.15, 0.2) is 6.23 Å². The first-order valence-corrected chi connectivity index (χ1v) is 8.37. The molecule has 6 heteroatoms. The molecule has 0 saturated carbocycles. The van der Waals surface area contributed by atoms with Gasteiger partial charge in [-0.05, 0) is 30.3 Å². The Balaban J connectivity index is 1.75. The van der Waals surface area contributed by atoms with E-state index < -0.39 is 6.23 Å². The molecule has 3 aromatic rings. The van der Waals surface area contributed by atoms with Gasteiger partial charge in [-0.2, -0.15) is 0 Å². The minimum Gasteiger partial charge on any atom is -0.457 e.